The fourth-order valence-electron chi connectivity index (χ4n) is 1.52. The second-order valence-corrected chi connectivity index (χ2v) is 5.77. The van der Waals surface area contributed by atoms with Gasteiger partial charge in [0, 0.05) is 11.8 Å². The molecular weight excluding hydrogens is 192 g/mol. The fourth-order valence-corrected chi connectivity index (χ4v) is 2.37. The van der Waals surface area contributed by atoms with Gasteiger partial charge in [0.1, 0.15) is 0 Å². The maximum atomic E-state index is 5.55. The fraction of sp³-hybridized carbons (Fsp3) is 1.00. The Balaban J connectivity index is 3.76. The van der Waals surface area contributed by atoms with Crippen molar-refractivity contribution < 1.29 is 0 Å². The molecule has 0 rings (SSSR count). The smallest absolute Gasteiger partial charge is 0.0303 e. The Kier molecular flexibility index (Phi) is 8.73. The molecule has 0 saturated carbocycles. The van der Waals surface area contributed by atoms with E-state index in [1.165, 1.54) is 19.3 Å². The molecular formula is C11H26N2S. The van der Waals surface area contributed by atoms with Gasteiger partial charge in [-0.25, -0.2) is 0 Å². The third-order valence-electron chi connectivity index (χ3n) is 2.64. The van der Waals surface area contributed by atoms with Crippen LogP contribution in [0.25, 0.3) is 0 Å². The zero-order valence-electron chi connectivity index (χ0n) is 10.0. The maximum Gasteiger partial charge on any atom is 0.0303 e. The number of nitrogens with two attached hydrogens (primary N) is 1. The SMILES string of the molecule is CCC(CC)CC(CSC(C)C)NN. The van der Waals surface area contributed by atoms with Gasteiger partial charge in [0.05, 0.1) is 0 Å². The number of hydrogen-bond donors (Lipinski definition) is 2. The third kappa shape index (κ3) is 6.68. The lowest BCUT2D eigenvalue weighted by molar-refractivity contribution is 0.387. The molecule has 0 aliphatic heterocycles. The minimum atomic E-state index is 0.479. The normalized spacial score (nSPS) is 13.9. The van der Waals surface area contributed by atoms with Crippen molar-refractivity contribution in [1.82, 2.24) is 5.43 Å². The van der Waals surface area contributed by atoms with Crippen LogP contribution >= 0.6 is 11.8 Å². The highest BCUT2D eigenvalue weighted by molar-refractivity contribution is 7.99. The Morgan fingerprint density at radius 3 is 2.14 bits per heavy atom. The van der Waals surface area contributed by atoms with Crippen LogP contribution in [0.2, 0.25) is 0 Å². The molecule has 0 fully saturated rings. The summed E-state index contributed by atoms with van der Waals surface area (Å²) in [6.45, 7) is 8.99. The molecule has 0 spiro atoms. The summed E-state index contributed by atoms with van der Waals surface area (Å²) in [7, 11) is 0. The molecule has 0 radical (unpaired) electrons. The van der Waals surface area contributed by atoms with Crippen molar-refractivity contribution in [1.29, 1.82) is 0 Å². The molecule has 1 atom stereocenters. The Morgan fingerprint density at radius 1 is 1.21 bits per heavy atom. The van der Waals surface area contributed by atoms with Gasteiger partial charge in [-0.1, -0.05) is 40.5 Å². The highest BCUT2D eigenvalue weighted by atomic mass is 32.2. The van der Waals surface area contributed by atoms with E-state index in [0.29, 0.717) is 11.3 Å². The van der Waals surface area contributed by atoms with Crippen LogP contribution in [0.3, 0.4) is 0 Å². The van der Waals surface area contributed by atoms with E-state index >= 15 is 0 Å². The van der Waals surface area contributed by atoms with E-state index < -0.39 is 0 Å². The Hall–Kier alpha value is 0.270. The molecule has 0 amide bonds. The number of hydrogen-bond acceptors (Lipinski definition) is 3. The number of nitrogens with one attached hydrogen (secondary N) is 1. The van der Waals surface area contributed by atoms with Crippen molar-refractivity contribution in [3.8, 4) is 0 Å². The van der Waals surface area contributed by atoms with Gasteiger partial charge in [-0.2, -0.15) is 11.8 Å². The highest BCUT2D eigenvalue weighted by Crippen LogP contribution is 2.18. The van der Waals surface area contributed by atoms with Gasteiger partial charge in [-0.05, 0) is 17.6 Å². The van der Waals surface area contributed by atoms with Gasteiger partial charge in [0.25, 0.3) is 0 Å². The number of hydrazine groups is 1. The van der Waals surface area contributed by atoms with Crippen LogP contribution in [0, 0.1) is 5.92 Å². The van der Waals surface area contributed by atoms with E-state index in [2.05, 4.69) is 33.1 Å². The van der Waals surface area contributed by atoms with E-state index in [-0.39, 0.29) is 0 Å². The minimum Gasteiger partial charge on any atom is -0.271 e. The summed E-state index contributed by atoms with van der Waals surface area (Å²) in [6, 6.07) is 0.479. The summed E-state index contributed by atoms with van der Waals surface area (Å²) >= 11 is 1.98. The Morgan fingerprint density at radius 2 is 1.79 bits per heavy atom. The summed E-state index contributed by atoms with van der Waals surface area (Å²) in [5, 5.41) is 0.701. The van der Waals surface area contributed by atoms with E-state index in [9.17, 15) is 0 Å². The lowest BCUT2D eigenvalue weighted by atomic mass is 9.96. The summed E-state index contributed by atoms with van der Waals surface area (Å²) in [5.41, 5.74) is 2.94. The van der Waals surface area contributed by atoms with Gasteiger partial charge in [-0.3, -0.25) is 11.3 Å². The molecule has 86 valence electrons. The van der Waals surface area contributed by atoms with Crippen molar-refractivity contribution in [3.05, 3.63) is 0 Å². The van der Waals surface area contributed by atoms with Crippen LogP contribution < -0.4 is 11.3 Å². The van der Waals surface area contributed by atoms with Gasteiger partial charge in [0.15, 0.2) is 0 Å². The van der Waals surface area contributed by atoms with Crippen molar-refractivity contribution in [2.24, 2.45) is 11.8 Å². The first-order valence-corrected chi connectivity index (χ1v) is 6.76. The zero-order chi connectivity index (χ0) is 11.0. The average Bonchev–Trinajstić information content (AvgIpc) is 2.18. The van der Waals surface area contributed by atoms with Gasteiger partial charge in [0.2, 0.25) is 0 Å². The number of rotatable bonds is 8. The van der Waals surface area contributed by atoms with E-state index in [1.807, 2.05) is 11.8 Å². The molecule has 3 heteroatoms. The van der Waals surface area contributed by atoms with Crippen LogP contribution in [0.15, 0.2) is 0 Å². The minimum absolute atomic E-state index is 0.479. The standard InChI is InChI=1S/C11H26N2S/c1-5-10(6-2)7-11(13-12)8-14-9(3)4/h9-11,13H,5-8,12H2,1-4H3. The van der Waals surface area contributed by atoms with Crippen LogP contribution in [0.5, 0.6) is 0 Å². The van der Waals surface area contributed by atoms with Crippen molar-refractivity contribution >= 4 is 11.8 Å². The predicted octanol–water partition coefficient (Wildman–Crippen LogP) is 2.79. The molecule has 0 aliphatic rings. The lowest BCUT2D eigenvalue weighted by Crippen LogP contribution is -2.38. The van der Waals surface area contributed by atoms with E-state index in [1.54, 1.807) is 0 Å². The number of thioether (sulfide) groups is 1. The molecule has 0 aromatic carbocycles. The second-order valence-electron chi connectivity index (χ2n) is 4.16. The molecule has 0 aromatic rings. The van der Waals surface area contributed by atoms with Crippen molar-refractivity contribution in [3.63, 3.8) is 0 Å². The Bertz CT molecular complexity index is 124. The third-order valence-corrected chi connectivity index (χ3v) is 3.90. The monoisotopic (exact) mass is 218 g/mol. The molecule has 0 heterocycles. The molecule has 0 bridgehead atoms. The van der Waals surface area contributed by atoms with Crippen LogP contribution in [0.4, 0.5) is 0 Å². The lowest BCUT2D eigenvalue weighted by Gasteiger charge is -2.21. The Labute approximate surface area is 93.4 Å². The zero-order valence-corrected chi connectivity index (χ0v) is 10.9. The summed E-state index contributed by atoms with van der Waals surface area (Å²) in [6.07, 6.45) is 3.74. The molecule has 14 heavy (non-hydrogen) atoms. The maximum absolute atomic E-state index is 5.55. The van der Waals surface area contributed by atoms with Gasteiger partial charge < -0.3 is 0 Å². The molecule has 0 aromatic heterocycles. The average molecular weight is 218 g/mol. The molecule has 0 saturated heterocycles. The van der Waals surface area contributed by atoms with Crippen LogP contribution in [-0.4, -0.2) is 17.0 Å². The summed E-state index contributed by atoms with van der Waals surface area (Å²) in [5.74, 6) is 7.51. The van der Waals surface area contributed by atoms with Crippen molar-refractivity contribution in [2.45, 2.75) is 58.2 Å². The quantitative estimate of drug-likeness (QED) is 0.486. The van der Waals surface area contributed by atoms with E-state index in [0.717, 1.165) is 11.7 Å². The first-order valence-electron chi connectivity index (χ1n) is 5.71. The molecule has 2 nitrogen and oxygen atoms in total. The van der Waals surface area contributed by atoms with Crippen molar-refractivity contribution in [2.75, 3.05) is 5.75 Å². The molecule has 1 unspecified atom stereocenters. The van der Waals surface area contributed by atoms with Gasteiger partial charge in [-0.15, -0.1) is 0 Å². The highest BCUT2D eigenvalue weighted by Gasteiger charge is 2.13. The molecule has 0 aliphatic carbocycles. The second kappa shape index (κ2) is 8.57. The van der Waals surface area contributed by atoms with E-state index in [4.69, 9.17) is 5.84 Å². The predicted molar refractivity (Wildman–Crippen MR) is 67.4 cm³/mol. The topological polar surface area (TPSA) is 38.0 Å². The largest absolute Gasteiger partial charge is 0.271 e. The first-order chi connectivity index (χ1) is 6.63. The molecule has 3 N–H and O–H groups in total. The summed E-state index contributed by atoms with van der Waals surface area (Å²) < 4.78 is 0. The first kappa shape index (κ1) is 14.3. The van der Waals surface area contributed by atoms with Crippen LogP contribution in [-0.2, 0) is 0 Å². The van der Waals surface area contributed by atoms with Gasteiger partial charge >= 0.3 is 0 Å². The van der Waals surface area contributed by atoms with Crippen LogP contribution in [0.1, 0.15) is 47.0 Å². The summed E-state index contributed by atoms with van der Waals surface area (Å²) in [4.78, 5) is 0.